The molecule has 10 heavy (non-hydrogen) atoms. The lowest BCUT2D eigenvalue weighted by Gasteiger charge is -2.20. The number of nitrogens with zero attached hydrogens (tertiary/aromatic N) is 1. The Bertz CT molecular complexity index is 231. The van der Waals surface area contributed by atoms with Crippen LogP contribution in [0, 0.1) is 0 Å². The Morgan fingerprint density at radius 1 is 1.70 bits per heavy atom. The van der Waals surface area contributed by atoms with Crippen molar-refractivity contribution in [2.24, 2.45) is 0 Å². The van der Waals surface area contributed by atoms with Crippen molar-refractivity contribution in [2.45, 2.75) is 11.3 Å². The minimum atomic E-state index is 1.15. The fraction of sp³-hybridized carbons (Fsp3) is 0.429. The van der Waals surface area contributed by atoms with Gasteiger partial charge in [-0.05, 0) is 25.1 Å². The minimum absolute atomic E-state index is 1.15. The molecule has 3 heteroatoms. The smallest absolute Gasteiger partial charge is 0.0437 e. The molecular formula is C7H10N2S. The normalized spacial score (nSPS) is 18.9. The summed E-state index contributed by atoms with van der Waals surface area (Å²) in [4.78, 5) is 4.61. The standard InChI is InChI=1S/C7H10N2S/c1-9-5-3-6-7(10-9)2-4-8-6/h2,4,8H,3,5H2,1H3. The number of aromatic nitrogens is 1. The van der Waals surface area contributed by atoms with Crippen LogP contribution in [0.1, 0.15) is 5.69 Å². The first-order valence-corrected chi connectivity index (χ1v) is 4.19. The summed E-state index contributed by atoms with van der Waals surface area (Å²) in [5.41, 5.74) is 1.39. The van der Waals surface area contributed by atoms with E-state index in [0.29, 0.717) is 0 Å². The number of rotatable bonds is 0. The topological polar surface area (TPSA) is 19.0 Å². The molecule has 2 heterocycles. The van der Waals surface area contributed by atoms with Gasteiger partial charge in [-0.2, -0.15) is 0 Å². The molecule has 1 aromatic heterocycles. The Morgan fingerprint density at radius 2 is 2.60 bits per heavy atom. The SMILES string of the molecule is CN1CCc2[nH]ccc2S1. The molecule has 0 radical (unpaired) electrons. The first kappa shape index (κ1) is 6.31. The molecule has 54 valence electrons. The molecule has 0 fully saturated rings. The zero-order valence-electron chi connectivity index (χ0n) is 5.92. The maximum Gasteiger partial charge on any atom is 0.0437 e. The third-order valence-corrected chi connectivity index (χ3v) is 2.79. The predicted molar refractivity (Wildman–Crippen MR) is 43.0 cm³/mol. The van der Waals surface area contributed by atoms with Crippen LogP contribution in [0.3, 0.4) is 0 Å². The molecule has 0 amide bonds. The number of hydrogen-bond donors (Lipinski definition) is 1. The summed E-state index contributed by atoms with van der Waals surface area (Å²) in [6, 6.07) is 2.13. The van der Waals surface area contributed by atoms with Crippen LogP contribution < -0.4 is 0 Å². The van der Waals surface area contributed by atoms with Crippen molar-refractivity contribution in [1.82, 2.24) is 9.29 Å². The Labute approximate surface area is 64.7 Å². The van der Waals surface area contributed by atoms with Crippen molar-refractivity contribution in [1.29, 1.82) is 0 Å². The number of aromatic amines is 1. The number of H-pyrrole nitrogens is 1. The minimum Gasteiger partial charge on any atom is -0.364 e. The summed E-state index contributed by atoms with van der Waals surface area (Å²) in [6.07, 6.45) is 3.17. The van der Waals surface area contributed by atoms with Gasteiger partial charge in [-0.15, -0.1) is 0 Å². The molecule has 0 saturated heterocycles. The number of hydrogen-bond acceptors (Lipinski definition) is 2. The van der Waals surface area contributed by atoms with Crippen molar-refractivity contribution in [3.8, 4) is 0 Å². The zero-order chi connectivity index (χ0) is 6.97. The second-order valence-electron chi connectivity index (χ2n) is 2.51. The summed E-state index contributed by atoms with van der Waals surface area (Å²) in [5, 5.41) is 0. The first-order chi connectivity index (χ1) is 4.86. The van der Waals surface area contributed by atoms with E-state index in [-0.39, 0.29) is 0 Å². The molecule has 2 nitrogen and oxygen atoms in total. The van der Waals surface area contributed by atoms with Crippen LogP contribution in [-0.2, 0) is 6.42 Å². The Morgan fingerprint density at radius 3 is 3.50 bits per heavy atom. The molecule has 1 aliphatic rings. The summed E-state index contributed by atoms with van der Waals surface area (Å²) < 4.78 is 2.26. The van der Waals surface area contributed by atoms with Crippen LogP contribution in [0.2, 0.25) is 0 Å². The summed E-state index contributed by atoms with van der Waals surface area (Å²) in [6.45, 7) is 1.15. The number of fused-ring (bicyclic) bond motifs is 1. The van der Waals surface area contributed by atoms with Gasteiger partial charge in [0.1, 0.15) is 0 Å². The second kappa shape index (κ2) is 2.32. The molecule has 0 aliphatic carbocycles. The monoisotopic (exact) mass is 154 g/mol. The molecule has 1 N–H and O–H groups in total. The molecule has 0 saturated carbocycles. The van der Waals surface area contributed by atoms with Crippen LogP contribution in [-0.4, -0.2) is 22.9 Å². The van der Waals surface area contributed by atoms with E-state index in [4.69, 9.17) is 0 Å². The maximum atomic E-state index is 3.23. The molecule has 1 aromatic rings. The van der Waals surface area contributed by atoms with Gasteiger partial charge in [0.25, 0.3) is 0 Å². The Hall–Kier alpha value is -0.410. The summed E-state index contributed by atoms with van der Waals surface area (Å²) in [5.74, 6) is 0. The molecular weight excluding hydrogens is 144 g/mol. The van der Waals surface area contributed by atoms with E-state index < -0.39 is 0 Å². The summed E-state index contributed by atoms with van der Waals surface area (Å²) in [7, 11) is 2.13. The number of likely N-dealkylation sites (N-methyl/N-ethyl adjacent to an activating group) is 1. The molecule has 0 bridgehead atoms. The maximum absolute atomic E-state index is 3.23. The second-order valence-corrected chi connectivity index (χ2v) is 3.76. The fourth-order valence-corrected chi connectivity index (χ4v) is 2.07. The van der Waals surface area contributed by atoms with Gasteiger partial charge < -0.3 is 4.98 Å². The van der Waals surface area contributed by atoms with Gasteiger partial charge >= 0.3 is 0 Å². The van der Waals surface area contributed by atoms with Crippen LogP contribution in [0.4, 0.5) is 0 Å². The lowest BCUT2D eigenvalue weighted by Crippen LogP contribution is -2.17. The van der Waals surface area contributed by atoms with Gasteiger partial charge in [0.15, 0.2) is 0 Å². The van der Waals surface area contributed by atoms with E-state index in [9.17, 15) is 0 Å². The average molecular weight is 154 g/mol. The van der Waals surface area contributed by atoms with Crippen LogP contribution in [0.5, 0.6) is 0 Å². The highest BCUT2D eigenvalue weighted by molar-refractivity contribution is 7.97. The van der Waals surface area contributed by atoms with Crippen LogP contribution in [0.25, 0.3) is 0 Å². The Kier molecular flexibility index (Phi) is 1.47. The van der Waals surface area contributed by atoms with Gasteiger partial charge in [-0.1, -0.05) is 0 Å². The molecule has 0 unspecified atom stereocenters. The third-order valence-electron chi connectivity index (χ3n) is 1.72. The predicted octanol–water partition coefficient (Wildman–Crippen LogP) is 1.51. The van der Waals surface area contributed by atoms with E-state index in [1.165, 1.54) is 10.6 Å². The van der Waals surface area contributed by atoms with E-state index in [2.05, 4.69) is 22.4 Å². The molecule has 1 aliphatic heterocycles. The molecule has 0 spiro atoms. The van der Waals surface area contributed by atoms with E-state index in [1.54, 1.807) is 0 Å². The fourth-order valence-electron chi connectivity index (χ4n) is 1.15. The van der Waals surface area contributed by atoms with Gasteiger partial charge in [0.2, 0.25) is 0 Å². The van der Waals surface area contributed by atoms with Crippen LogP contribution in [0.15, 0.2) is 17.2 Å². The van der Waals surface area contributed by atoms with Gasteiger partial charge in [-0.3, -0.25) is 0 Å². The van der Waals surface area contributed by atoms with E-state index in [1.807, 2.05) is 18.1 Å². The van der Waals surface area contributed by atoms with Crippen LogP contribution >= 0.6 is 11.9 Å². The zero-order valence-corrected chi connectivity index (χ0v) is 6.74. The highest BCUT2D eigenvalue weighted by atomic mass is 32.2. The first-order valence-electron chi connectivity index (χ1n) is 3.41. The largest absolute Gasteiger partial charge is 0.364 e. The lowest BCUT2D eigenvalue weighted by molar-refractivity contribution is 0.548. The average Bonchev–Trinajstić information content (AvgIpc) is 2.33. The van der Waals surface area contributed by atoms with Crippen molar-refractivity contribution in [3.63, 3.8) is 0 Å². The van der Waals surface area contributed by atoms with Gasteiger partial charge in [-0.25, -0.2) is 4.31 Å². The molecule has 0 atom stereocenters. The molecule has 2 rings (SSSR count). The van der Waals surface area contributed by atoms with Gasteiger partial charge in [0.05, 0.1) is 0 Å². The van der Waals surface area contributed by atoms with E-state index >= 15 is 0 Å². The van der Waals surface area contributed by atoms with Crippen molar-refractivity contribution in [2.75, 3.05) is 13.6 Å². The van der Waals surface area contributed by atoms with Crippen molar-refractivity contribution >= 4 is 11.9 Å². The van der Waals surface area contributed by atoms with E-state index in [0.717, 1.165) is 13.0 Å². The highest BCUT2D eigenvalue weighted by Gasteiger charge is 2.13. The highest BCUT2D eigenvalue weighted by Crippen LogP contribution is 2.28. The van der Waals surface area contributed by atoms with Crippen molar-refractivity contribution < 1.29 is 0 Å². The third kappa shape index (κ3) is 0.954. The lowest BCUT2D eigenvalue weighted by atomic mass is 10.3. The summed E-state index contributed by atoms with van der Waals surface area (Å²) >= 11 is 1.82. The van der Waals surface area contributed by atoms with Gasteiger partial charge in [0, 0.05) is 29.8 Å². The quantitative estimate of drug-likeness (QED) is 0.571. The molecule has 0 aromatic carbocycles. The Balaban J connectivity index is 2.30. The van der Waals surface area contributed by atoms with Crippen molar-refractivity contribution in [3.05, 3.63) is 18.0 Å². The number of nitrogens with one attached hydrogen (secondary N) is 1.